The second-order valence-electron chi connectivity index (χ2n) is 11.6. The lowest BCUT2D eigenvalue weighted by Crippen LogP contribution is -2.40. The molecule has 4 rings (SSSR count). The highest BCUT2D eigenvalue weighted by molar-refractivity contribution is 6.02. The van der Waals surface area contributed by atoms with Crippen LogP contribution in [0.3, 0.4) is 0 Å². The van der Waals surface area contributed by atoms with Crippen LogP contribution in [0.1, 0.15) is 88.1 Å². The lowest BCUT2D eigenvalue weighted by molar-refractivity contribution is -0.120. The summed E-state index contributed by atoms with van der Waals surface area (Å²) in [5, 5.41) is 3.14. The van der Waals surface area contributed by atoms with Crippen LogP contribution in [-0.4, -0.2) is 42.9 Å². The van der Waals surface area contributed by atoms with Crippen molar-refractivity contribution in [3.8, 4) is 0 Å². The number of carbonyl (C=O) groups excluding carboxylic acids is 2. The summed E-state index contributed by atoms with van der Waals surface area (Å²) in [5.74, 6) is 1.53. The number of hydrogen-bond acceptors (Lipinski definition) is 3. The maximum Gasteiger partial charge on any atom is 0.256 e. The Kier molecular flexibility index (Phi) is 10.3. The van der Waals surface area contributed by atoms with Crippen LogP contribution in [0.2, 0.25) is 0 Å². The van der Waals surface area contributed by atoms with Gasteiger partial charge in [-0.15, -0.1) is 0 Å². The standard InChI is InChI=1S/C33H47N3O2/c1-4-6-12-28(5-2)32(37)34-29-13-14-31(30(24-29)33(38)36-19-15-25(3)16-20-36)35-21-17-27(18-22-35)23-26-10-8-7-9-11-26/h7-11,13-14,24-25,27-28H,4-6,12,15-23H2,1-3H3,(H,34,37). The molecular weight excluding hydrogens is 470 g/mol. The molecule has 2 aromatic carbocycles. The maximum absolute atomic E-state index is 13.8. The van der Waals surface area contributed by atoms with E-state index in [1.165, 1.54) is 5.56 Å². The summed E-state index contributed by atoms with van der Waals surface area (Å²) in [7, 11) is 0. The Morgan fingerprint density at radius 1 is 0.947 bits per heavy atom. The van der Waals surface area contributed by atoms with Gasteiger partial charge in [0.15, 0.2) is 0 Å². The molecule has 0 saturated carbocycles. The topological polar surface area (TPSA) is 52.7 Å². The third-order valence-corrected chi connectivity index (χ3v) is 8.66. The summed E-state index contributed by atoms with van der Waals surface area (Å²) in [4.78, 5) is 31.3. The summed E-state index contributed by atoms with van der Waals surface area (Å²) in [6, 6.07) is 16.8. The number of amides is 2. The third kappa shape index (κ3) is 7.39. The molecule has 1 N–H and O–H groups in total. The molecule has 2 fully saturated rings. The molecule has 2 aliphatic rings. The van der Waals surface area contributed by atoms with Gasteiger partial charge in [0.1, 0.15) is 0 Å². The minimum Gasteiger partial charge on any atom is -0.371 e. The summed E-state index contributed by atoms with van der Waals surface area (Å²) in [6.07, 6.45) is 9.36. The van der Waals surface area contributed by atoms with Crippen molar-refractivity contribution in [2.75, 3.05) is 36.4 Å². The number of anilines is 2. The third-order valence-electron chi connectivity index (χ3n) is 8.66. The number of carbonyl (C=O) groups is 2. The zero-order valence-corrected chi connectivity index (χ0v) is 23.8. The van der Waals surface area contributed by atoms with Gasteiger partial charge in [-0.25, -0.2) is 0 Å². The van der Waals surface area contributed by atoms with Gasteiger partial charge in [-0.05, 0) is 80.5 Å². The molecule has 0 radical (unpaired) electrons. The molecule has 1 atom stereocenters. The SMILES string of the molecule is CCCCC(CC)C(=O)Nc1ccc(N2CCC(Cc3ccccc3)CC2)c(C(=O)N2CCC(C)CC2)c1. The van der Waals surface area contributed by atoms with Crippen LogP contribution in [0.15, 0.2) is 48.5 Å². The molecular formula is C33H47N3O2. The van der Waals surface area contributed by atoms with E-state index in [-0.39, 0.29) is 17.7 Å². The van der Waals surface area contributed by atoms with E-state index >= 15 is 0 Å². The molecule has 5 heteroatoms. The second kappa shape index (κ2) is 13.8. The Balaban J connectivity index is 1.50. The van der Waals surface area contributed by atoms with Gasteiger partial charge in [0, 0.05) is 43.5 Å². The molecule has 0 spiro atoms. The zero-order valence-electron chi connectivity index (χ0n) is 23.8. The summed E-state index contributed by atoms with van der Waals surface area (Å²) < 4.78 is 0. The Morgan fingerprint density at radius 2 is 1.66 bits per heavy atom. The van der Waals surface area contributed by atoms with Crippen LogP contribution in [0.25, 0.3) is 0 Å². The quantitative estimate of drug-likeness (QED) is 0.363. The minimum absolute atomic E-state index is 0.0148. The number of unbranched alkanes of at least 4 members (excludes halogenated alkanes) is 1. The van der Waals surface area contributed by atoms with Crippen molar-refractivity contribution in [2.24, 2.45) is 17.8 Å². The molecule has 0 aliphatic carbocycles. The monoisotopic (exact) mass is 517 g/mol. The normalized spacial score (nSPS) is 17.9. The number of nitrogens with zero attached hydrogens (tertiary/aromatic N) is 2. The Hall–Kier alpha value is -2.82. The van der Waals surface area contributed by atoms with Gasteiger partial charge >= 0.3 is 0 Å². The Bertz CT molecular complexity index is 1040. The van der Waals surface area contributed by atoms with E-state index in [2.05, 4.69) is 67.4 Å². The molecule has 2 heterocycles. The lowest BCUT2D eigenvalue weighted by atomic mass is 9.89. The van der Waals surface area contributed by atoms with Gasteiger partial charge in [0.05, 0.1) is 5.56 Å². The highest BCUT2D eigenvalue weighted by Crippen LogP contribution is 2.32. The number of benzene rings is 2. The molecule has 2 aromatic rings. The highest BCUT2D eigenvalue weighted by Gasteiger charge is 2.28. The fourth-order valence-corrected chi connectivity index (χ4v) is 5.98. The summed E-state index contributed by atoms with van der Waals surface area (Å²) in [6.45, 7) is 10.0. The zero-order chi connectivity index (χ0) is 26.9. The van der Waals surface area contributed by atoms with Crippen LogP contribution >= 0.6 is 0 Å². The molecule has 38 heavy (non-hydrogen) atoms. The number of likely N-dealkylation sites (tertiary alicyclic amines) is 1. The van der Waals surface area contributed by atoms with E-state index < -0.39 is 0 Å². The van der Waals surface area contributed by atoms with Crippen molar-refractivity contribution in [3.05, 3.63) is 59.7 Å². The predicted octanol–water partition coefficient (Wildman–Crippen LogP) is 7.17. The van der Waals surface area contributed by atoms with Gasteiger partial charge in [-0.1, -0.05) is 63.9 Å². The number of hydrogen-bond donors (Lipinski definition) is 1. The Morgan fingerprint density at radius 3 is 2.32 bits per heavy atom. The van der Waals surface area contributed by atoms with E-state index in [0.717, 1.165) is 101 Å². The number of nitrogens with one attached hydrogen (secondary N) is 1. The van der Waals surface area contributed by atoms with Crippen LogP contribution in [0, 0.1) is 17.8 Å². The van der Waals surface area contributed by atoms with Crippen molar-refractivity contribution in [1.29, 1.82) is 0 Å². The summed E-state index contributed by atoms with van der Waals surface area (Å²) in [5.41, 5.74) is 3.90. The van der Waals surface area contributed by atoms with E-state index in [1.54, 1.807) is 0 Å². The first-order valence-electron chi connectivity index (χ1n) is 15.0. The molecule has 2 aliphatic heterocycles. The average Bonchev–Trinajstić information content (AvgIpc) is 2.94. The van der Waals surface area contributed by atoms with Crippen molar-refractivity contribution in [3.63, 3.8) is 0 Å². The van der Waals surface area contributed by atoms with Gasteiger partial charge in [-0.3, -0.25) is 9.59 Å². The van der Waals surface area contributed by atoms with Gasteiger partial charge in [0.2, 0.25) is 5.91 Å². The molecule has 2 saturated heterocycles. The molecule has 206 valence electrons. The van der Waals surface area contributed by atoms with E-state index in [1.807, 2.05) is 17.0 Å². The molecule has 0 bridgehead atoms. The largest absolute Gasteiger partial charge is 0.371 e. The van der Waals surface area contributed by atoms with Crippen LogP contribution < -0.4 is 10.2 Å². The van der Waals surface area contributed by atoms with Crippen molar-refractivity contribution < 1.29 is 9.59 Å². The second-order valence-corrected chi connectivity index (χ2v) is 11.6. The molecule has 1 unspecified atom stereocenters. The van der Waals surface area contributed by atoms with Crippen LogP contribution in [0.4, 0.5) is 11.4 Å². The molecule has 5 nitrogen and oxygen atoms in total. The van der Waals surface area contributed by atoms with Crippen molar-refractivity contribution >= 4 is 23.2 Å². The van der Waals surface area contributed by atoms with E-state index in [4.69, 9.17) is 0 Å². The van der Waals surface area contributed by atoms with Gasteiger partial charge < -0.3 is 15.1 Å². The predicted molar refractivity (Wildman–Crippen MR) is 158 cm³/mol. The summed E-state index contributed by atoms with van der Waals surface area (Å²) >= 11 is 0. The molecule has 0 aromatic heterocycles. The van der Waals surface area contributed by atoms with E-state index in [9.17, 15) is 9.59 Å². The smallest absolute Gasteiger partial charge is 0.256 e. The first kappa shape index (κ1) is 28.2. The minimum atomic E-state index is 0.0148. The lowest BCUT2D eigenvalue weighted by Gasteiger charge is -2.36. The fraction of sp³-hybridized carbons (Fsp3) is 0.576. The van der Waals surface area contributed by atoms with Crippen molar-refractivity contribution in [2.45, 2.75) is 78.6 Å². The van der Waals surface area contributed by atoms with Gasteiger partial charge in [0.25, 0.3) is 5.91 Å². The van der Waals surface area contributed by atoms with Gasteiger partial charge in [-0.2, -0.15) is 0 Å². The van der Waals surface area contributed by atoms with E-state index in [0.29, 0.717) is 11.8 Å². The number of rotatable bonds is 10. The average molecular weight is 518 g/mol. The fourth-order valence-electron chi connectivity index (χ4n) is 5.98. The maximum atomic E-state index is 13.8. The van der Waals surface area contributed by atoms with Crippen LogP contribution in [0.5, 0.6) is 0 Å². The van der Waals surface area contributed by atoms with Crippen LogP contribution in [-0.2, 0) is 11.2 Å². The first-order valence-corrected chi connectivity index (χ1v) is 15.0. The highest BCUT2D eigenvalue weighted by atomic mass is 16.2. The first-order chi connectivity index (χ1) is 18.5. The van der Waals surface area contributed by atoms with Crippen molar-refractivity contribution in [1.82, 2.24) is 4.90 Å². The number of piperidine rings is 2. The molecule has 2 amide bonds. The Labute approximate surface area is 230 Å².